The first kappa shape index (κ1) is 23.3. The quantitative estimate of drug-likeness (QED) is 0.417. The van der Waals surface area contributed by atoms with Crippen molar-refractivity contribution < 1.29 is 9.84 Å². The highest BCUT2D eigenvalue weighted by Crippen LogP contribution is 2.32. The summed E-state index contributed by atoms with van der Waals surface area (Å²) in [5.74, 6) is 2.14. The Balaban J connectivity index is 1.84. The van der Waals surface area contributed by atoms with Gasteiger partial charge >= 0.3 is 0 Å². The number of benzene rings is 1. The van der Waals surface area contributed by atoms with E-state index in [1.165, 1.54) is 0 Å². The van der Waals surface area contributed by atoms with Crippen LogP contribution in [-0.2, 0) is 0 Å². The fourth-order valence-corrected chi connectivity index (χ4v) is 3.75. The molecule has 0 saturated heterocycles. The zero-order valence-corrected chi connectivity index (χ0v) is 19.4. The summed E-state index contributed by atoms with van der Waals surface area (Å²) in [7, 11) is 0. The highest BCUT2D eigenvalue weighted by Gasteiger charge is 2.21. The van der Waals surface area contributed by atoms with Gasteiger partial charge in [-0.2, -0.15) is 4.98 Å². The van der Waals surface area contributed by atoms with Crippen molar-refractivity contribution in [3.8, 4) is 11.5 Å². The summed E-state index contributed by atoms with van der Waals surface area (Å²) >= 11 is 5.98. The Bertz CT molecular complexity index is 857. The maximum absolute atomic E-state index is 9.81. The number of ether oxygens (including phenoxy) is 1. The van der Waals surface area contributed by atoms with Crippen LogP contribution in [0.3, 0.4) is 0 Å². The molecule has 0 unspecified atom stereocenters. The van der Waals surface area contributed by atoms with E-state index in [1.807, 2.05) is 0 Å². The molecule has 1 heterocycles. The molecule has 3 rings (SSSR count). The van der Waals surface area contributed by atoms with E-state index in [0.717, 1.165) is 25.7 Å². The number of halogens is 1. The molecule has 168 valence electrons. The Morgan fingerprint density at radius 1 is 1.13 bits per heavy atom. The van der Waals surface area contributed by atoms with Crippen LogP contribution < -0.4 is 10.1 Å². The zero-order chi connectivity index (χ0) is 22.4. The molecule has 0 bridgehead atoms. The molecule has 7 nitrogen and oxygen atoms in total. The van der Waals surface area contributed by atoms with Gasteiger partial charge in [0.25, 0.3) is 5.95 Å². The Morgan fingerprint density at radius 3 is 2.39 bits per heavy atom. The Hall–Kier alpha value is -2.38. The number of aliphatic hydroxyl groups is 1. The van der Waals surface area contributed by atoms with E-state index in [-0.39, 0.29) is 12.1 Å². The van der Waals surface area contributed by atoms with Crippen molar-refractivity contribution in [2.24, 2.45) is 4.99 Å². The molecule has 0 atom stereocenters. The molecule has 2 N–H and O–H groups in total. The molecule has 1 aliphatic carbocycles. The van der Waals surface area contributed by atoms with Crippen LogP contribution in [0.15, 0.2) is 35.5 Å². The van der Waals surface area contributed by atoms with Gasteiger partial charge in [-0.05, 0) is 77.6 Å². The number of aliphatic imine (C=N–C) groups is 1. The Morgan fingerprint density at radius 2 is 1.77 bits per heavy atom. The third kappa shape index (κ3) is 6.80. The van der Waals surface area contributed by atoms with Crippen LogP contribution in [0.25, 0.3) is 0 Å². The van der Waals surface area contributed by atoms with Gasteiger partial charge in [0.2, 0.25) is 0 Å². The molecule has 0 radical (unpaired) electrons. The highest BCUT2D eigenvalue weighted by atomic mass is 35.5. The van der Waals surface area contributed by atoms with Gasteiger partial charge in [0.1, 0.15) is 5.75 Å². The molecule has 1 aromatic heterocycles. The average Bonchev–Trinajstić information content (AvgIpc) is 2.72. The largest absolute Gasteiger partial charge is 0.452 e. The monoisotopic (exact) mass is 445 g/mol. The molecule has 8 heteroatoms. The molecule has 0 aliphatic heterocycles. The minimum Gasteiger partial charge on any atom is -0.452 e. The minimum atomic E-state index is -0.216. The summed E-state index contributed by atoms with van der Waals surface area (Å²) in [5, 5.41) is 13.9. The fourth-order valence-electron chi connectivity index (χ4n) is 3.63. The maximum Gasteiger partial charge on any atom is 0.252 e. The molecule has 31 heavy (non-hydrogen) atoms. The summed E-state index contributed by atoms with van der Waals surface area (Å²) < 4.78 is 6.03. The third-order valence-corrected chi connectivity index (χ3v) is 5.57. The molecule has 2 aromatic rings. The summed E-state index contributed by atoms with van der Waals surface area (Å²) in [4.78, 5) is 15.7. The van der Waals surface area contributed by atoms with Crippen LogP contribution >= 0.6 is 11.6 Å². The van der Waals surface area contributed by atoms with Gasteiger partial charge in [-0.3, -0.25) is 0 Å². The maximum atomic E-state index is 9.81. The number of nitrogens with zero attached hydrogens (tertiary/aromatic N) is 4. The lowest BCUT2D eigenvalue weighted by molar-refractivity contribution is 0.126. The van der Waals surface area contributed by atoms with E-state index in [1.54, 1.807) is 36.8 Å². The zero-order valence-electron chi connectivity index (χ0n) is 18.6. The predicted molar refractivity (Wildman–Crippen MR) is 126 cm³/mol. The van der Waals surface area contributed by atoms with Gasteiger partial charge < -0.3 is 20.1 Å². The first-order valence-corrected chi connectivity index (χ1v) is 11.3. The Labute approximate surface area is 189 Å². The van der Waals surface area contributed by atoms with E-state index in [2.05, 4.69) is 52.9 Å². The number of aromatic nitrogens is 2. The number of anilines is 1. The second-order valence-corrected chi connectivity index (χ2v) is 8.90. The van der Waals surface area contributed by atoms with Gasteiger partial charge in [0.15, 0.2) is 11.6 Å². The van der Waals surface area contributed by atoms with Crippen LogP contribution in [0.4, 0.5) is 11.8 Å². The summed E-state index contributed by atoms with van der Waals surface area (Å²) in [5.41, 5.74) is 0. The number of nitrogens with one attached hydrogen (secondary N) is 1. The number of aliphatic hydroxyl groups excluding tert-OH is 1. The van der Waals surface area contributed by atoms with Gasteiger partial charge in [-0.25, -0.2) is 9.98 Å². The van der Waals surface area contributed by atoms with Crippen molar-refractivity contribution >= 4 is 29.7 Å². The van der Waals surface area contributed by atoms with E-state index in [9.17, 15) is 5.11 Å². The van der Waals surface area contributed by atoms with Crippen molar-refractivity contribution in [1.82, 2.24) is 14.9 Å². The first-order chi connectivity index (χ1) is 14.8. The van der Waals surface area contributed by atoms with E-state index < -0.39 is 0 Å². The summed E-state index contributed by atoms with van der Waals surface area (Å²) in [6.45, 7) is 8.50. The van der Waals surface area contributed by atoms with Gasteiger partial charge in [-0.15, -0.1) is 0 Å². The normalized spacial score (nSPS) is 19.2. The van der Waals surface area contributed by atoms with E-state index in [0.29, 0.717) is 40.4 Å². The van der Waals surface area contributed by atoms with Gasteiger partial charge in [0, 0.05) is 23.1 Å². The molecule has 0 spiro atoms. The van der Waals surface area contributed by atoms with Crippen molar-refractivity contribution in [3.05, 3.63) is 35.5 Å². The average molecular weight is 446 g/mol. The SMILES string of the molecule is CC(C)N(C=Nc1ncc(Oc2ccc(Cl)cc2)c(N[C@H]2CC[C@H](O)CC2)n1)C(C)C. The lowest BCUT2D eigenvalue weighted by Crippen LogP contribution is -2.35. The van der Waals surface area contributed by atoms with Crippen LogP contribution in [0.2, 0.25) is 5.02 Å². The third-order valence-electron chi connectivity index (χ3n) is 5.32. The second-order valence-electron chi connectivity index (χ2n) is 8.47. The van der Waals surface area contributed by atoms with Crippen LogP contribution in [0.1, 0.15) is 53.4 Å². The van der Waals surface area contributed by atoms with Gasteiger partial charge in [-0.1, -0.05) is 11.6 Å². The van der Waals surface area contributed by atoms with Crippen molar-refractivity contribution in [3.63, 3.8) is 0 Å². The molecular formula is C23H32ClN5O2. The lowest BCUT2D eigenvalue weighted by Gasteiger charge is -2.28. The van der Waals surface area contributed by atoms with Crippen LogP contribution in [0, 0.1) is 0 Å². The van der Waals surface area contributed by atoms with Crippen LogP contribution in [0.5, 0.6) is 11.5 Å². The first-order valence-electron chi connectivity index (χ1n) is 10.9. The molecule has 1 saturated carbocycles. The molecule has 1 aliphatic rings. The number of hydrogen-bond acceptors (Lipinski definition) is 6. The van der Waals surface area contributed by atoms with Crippen LogP contribution in [-0.4, -0.2) is 50.5 Å². The summed E-state index contributed by atoms with van der Waals surface area (Å²) in [6, 6.07) is 8.02. The highest BCUT2D eigenvalue weighted by molar-refractivity contribution is 6.30. The fraction of sp³-hybridized carbons (Fsp3) is 0.522. The van der Waals surface area contributed by atoms with Gasteiger partial charge in [0.05, 0.1) is 18.6 Å². The van der Waals surface area contributed by atoms with Crippen molar-refractivity contribution in [1.29, 1.82) is 0 Å². The topological polar surface area (TPSA) is 82.9 Å². The molecule has 1 aromatic carbocycles. The van der Waals surface area contributed by atoms with Crippen molar-refractivity contribution in [2.45, 2.75) is 77.6 Å². The molecule has 0 amide bonds. The van der Waals surface area contributed by atoms with E-state index >= 15 is 0 Å². The standard InChI is InChI=1S/C23H32ClN5O2/c1-15(2)29(16(3)4)14-26-23-25-13-21(31-20-11-5-17(24)6-12-20)22(28-23)27-18-7-9-19(30)10-8-18/h5-6,11-16,18-19,30H,7-10H2,1-4H3,(H,25,27,28)/t18-,19-. The number of rotatable bonds is 8. The lowest BCUT2D eigenvalue weighted by atomic mass is 9.93. The molecule has 1 fully saturated rings. The Kier molecular flexibility index (Phi) is 8.09. The predicted octanol–water partition coefficient (Wildman–Crippen LogP) is 5.42. The number of hydrogen-bond donors (Lipinski definition) is 2. The van der Waals surface area contributed by atoms with E-state index in [4.69, 9.17) is 16.3 Å². The summed E-state index contributed by atoms with van der Waals surface area (Å²) in [6.07, 6.45) is 6.52. The van der Waals surface area contributed by atoms with Crippen molar-refractivity contribution in [2.75, 3.05) is 5.32 Å². The second kappa shape index (κ2) is 10.8. The minimum absolute atomic E-state index is 0.213. The molecular weight excluding hydrogens is 414 g/mol. The smallest absolute Gasteiger partial charge is 0.252 e.